The molecule has 1 fully saturated rings. The number of thiazole rings is 1. The maximum atomic E-state index is 13.5. The van der Waals surface area contributed by atoms with Crippen molar-refractivity contribution >= 4 is 23.2 Å². The summed E-state index contributed by atoms with van der Waals surface area (Å²) < 4.78 is 27.0. The van der Waals surface area contributed by atoms with Gasteiger partial charge in [-0.3, -0.25) is 9.59 Å². The van der Waals surface area contributed by atoms with Gasteiger partial charge in [-0.1, -0.05) is 24.3 Å². The van der Waals surface area contributed by atoms with Gasteiger partial charge in [0.1, 0.15) is 17.4 Å². The van der Waals surface area contributed by atoms with Crippen molar-refractivity contribution in [3.05, 3.63) is 52.1 Å². The number of aromatic nitrogens is 4. The van der Waals surface area contributed by atoms with Crippen LogP contribution in [-0.4, -0.2) is 62.2 Å². The summed E-state index contributed by atoms with van der Waals surface area (Å²) in [5.41, 5.74) is 2.78. The van der Waals surface area contributed by atoms with E-state index in [1.54, 1.807) is 17.6 Å². The molecule has 1 saturated heterocycles. The van der Waals surface area contributed by atoms with Crippen molar-refractivity contribution in [3.8, 4) is 17.3 Å². The summed E-state index contributed by atoms with van der Waals surface area (Å²) >= 11 is 1.30. The zero-order chi connectivity index (χ0) is 22.7. The lowest BCUT2D eigenvalue weighted by molar-refractivity contribution is -0.131. The molecule has 0 bridgehead atoms. The van der Waals surface area contributed by atoms with Crippen LogP contribution in [0.2, 0.25) is 0 Å². The molecule has 164 valence electrons. The fourth-order valence-corrected chi connectivity index (χ4v) is 4.16. The van der Waals surface area contributed by atoms with E-state index in [4.69, 9.17) is 5.26 Å². The van der Waals surface area contributed by atoms with Crippen LogP contribution in [0.3, 0.4) is 0 Å². The lowest BCUT2D eigenvalue weighted by Crippen LogP contribution is -2.43. The van der Waals surface area contributed by atoms with E-state index in [1.165, 1.54) is 11.3 Å². The minimum Gasteiger partial charge on any atom is -0.342 e. The smallest absolute Gasteiger partial charge is 0.271 e. The molecule has 3 heterocycles. The minimum absolute atomic E-state index is 0.139. The van der Waals surface area contributed by atoms with Crippen LogP contribution >= 0.6 is 11.3 Å². The molecule has 0 saturated carbocycles. The van der Waals surface area contributed by atoms with E-state index in [2.05, 4.69) is 25.7 Å². The molecular formula is C20H17F2N7O2S. The number of alkyl halides is 2. The van der Waals surface area contributed by atoms with E-state index in [0.717, 1.165) is 21.7 Å². The number of rotatable bonds is 6. The lowest BCUT2D eigenvalue weighted by Gasteiger charge is -2.19. The van der Waals surface area contributed by atoms with Crippen molar-refractivity contribution in [1.29, 1.82) is 5.26 Å². The van der Waals surface area contributed by atoms with Crippen LogP contribution in [0.4, 0.5) is 8.78 Å². The van der Waals surface area contributed by atoms with Crippen LogP contribution in [-0.2, 0) is 11.2 Å². The Bertz CT molecular complexity index is 1160. The molecular weight excluding hydrogens is 440 g/mol. The number of likely N-dealkylation sites (tertiary alicyclic amines) is 1. The molecule has 0 unspecified atom stereocenters. The first kappa shape index (κ1) is 21.5. The van der Waals surface area contributed by atoms with Gasteiger partial charge in [0.25, 0.3) is 11.8 Å². The maximum Gasteiger partial charge on any atom is 0.271 e. The Morgan fingerprint density at radius 3 is 2.81 bits per heavy atom. The predicted molar refractivity (Wildman–Crippen MR) is 110 cm³/mol. The molecule has 2 amide bonds. The van der Waals surface area contributed by atoms with E-state index < -0.39 is 43.3 Å². The topological polar surface area (TPSA) is 128 Å². The summed E-state index contributed by atoms with van der Waals surface area (Å²) in [6.45, 7) is -1.31. The molecule has 2 aromatic heterocycles. The van der Waals surface area contributed by atoms with Crippen molar-refractivity contribution in [1.82, 2.24) is 30.6 Å². The van der Waals surface area contributed by atoms with Gasteiger partial charge in [0.2, 0.25) is 5.91 Å². The van der Waals surface area contributed by atoms with Gasteiger partial charge in [-0.25, -0.2) is 13.8 Å². The van der Waals surface area contributed by atoms with Gasteiger partial charge in [0, 0.05) is 23.8 Å². The van der Waals surface area contributed by atoms with Gasteiger partial charge in [-0.2, -0.15) is 20.7 Å². The summed E-state index contributed by atoms with van der Waals surface area (Å²) in [6, 6.07) is 8.19. The Morgan fingerprint density at radius 1 is 1.34 bits per heavy atom. The predicted octanol–water partition coefficient (Wildman–Crippen LogP) is 2.01. The Balaban J connectivity index is 1.32. The molecule has 4 rings (SSSR count). The Morgan fingerprint density at radius 2 is 2.12 bits per heavy atom. The zero-order valence-electron chi connectivity index (χ0n) is 16.6. The first-order valence-corrected chi connectivity index (χ1v) is 10.5. The summed E-state index contributed by atoms with van der Waals surface area (Å²) in [4.78, 5) is 29.6. The van der Waals surface area contributed by atoms with Gasteiger partial charge in [-0.15, -0.1) is 11.3 Å². The molecule has 3 aromatic rings. The number of benzene rings is 1. The fraction of sp³-hybridized carbons (Fsp3) is 0.300. The molecule has 1 aliphatic heterocycles. The standard InChI is InChI=1S/C20H17F2N7O2S/c21-20(22)6-14(7-23)29(11-20)18(30)9-24-19(31)16-10-32-17(26-16)5-12-1-3-13(4-2-12)15-8-25-28-27-15/h1-4,8,10,14H,5-6,9,11H2,(H,24,31)(H,25,27,28)/t14-/m0/s1. The van der Waals surface area contributed by atoms with Gasteiger partial charge in [0.05, 0.1) is 30.4 Å². The number of nitrogens with one attached hydrogen (secondary N) is 2. The van der Waals surface area contributed by atoms with Crippen molar-refractivity contribution in [2.75, 3.05) is 13.1 Å². The number of aromatic amines is 1. The second-order valence-electron chi connectivity index (χ2n) is 7.26. The van der Waals surface area contributed by atoms with Gasteiger partial charge < -0.3 is 10.2 Å². The van der Waals surface area contributed by atoms with Gasteiger partial charge in [0.15, 0.2) is 0 Å². The number of hydrogen-bond acceptors (Lipinski definition) is 7. The maximum absolute atomic E-state index is 13.5. The molecule has 1 atom stereocenters. The SMILES string of the molecule is N#C[C@@H]1CC(F)(F)CN1C(=O)CNC(=O)c1csc(Cc2ccc(-c3cn[nH]n3)cc2)n1. The average molecular weight is 457 g/mol. The number of carbonyl (C=O) groups excluding carboxylic acids is 2. The number of amides is 2. The summed E-state index contributed by atoms with van der Waals surface area (Å²) in [5, 5.41) is 24.0. The second-order valence-corrected chi connectivity index (χ2v) is 8.21. The molecule has 0 aliphatic carbocycles. The van der Waals surface area contributed by atoms with Crippen molar-refractivity contribution < 1.29 is 18.4 Å². The van der Waals surface area contributed by atoms with E-state index in [9.17, 15) is 18.4 Å². The lowest BCUT2D eigenvalue weighted by atomic mass is 10.1. The molecule has 1 aromatic carbocycles. The normalized spacial score (nSPS) is 17.2. The van der Waals surface area contributed by atoms with E-state index >= 15 is 0 Å². The van der Waals surface area contributed by atoms with E-state index in [1.807, 2.05) is 24.3 Å². The van der Waals surface area contributed by atoms with Crippen molar-refractivity contribution in [2.45, 2.75) is 24.8 Å². The largest absolute Gasteiger partial charge is 0.342 e. The monoisotopic (exact) mass is 457 g/mol. The molecule has 1 aliphatic rings. The summed E-state index contributed by atoms with van der Waals surface area (Å²) in [5.74, 6) is -4.41. The van der Waals surface area contributed by atoms with Crippen LogP contribution in [0, 0.1) is 11.3 Å². The molecule has 32 heavy (non-hydrogen) atoms. The molecule has 0 spiro atoms. The van der Waals surface area contributed by atoms with Gasteiger partial charge in [-0.05, 0) is 5.56 Å². The van der Waals surface area contributed by atoms with Crippen LogP contribution < -0.4 is 5.32 Å². The third-order valence-electron chi connectivity index (χ3n) is 4.94. The molecule has 2 N–H and O–H groups in total. The third kappa shape index (κ3) is 4.78. The molecule has 9 nitrogen and oxygen atoms in total. The Labute approximate surface area is 185 Å². The number of H-pyrrole nitrogens is 1. The summed E-state index contributed by atoms with van der Waals surface area (Å²) in [6.07, 6.45) is 1.45. The minimum atomic E-state index is -3.10. The van der Waals surface area contributed by atoms with Gasteiger partial charge >= 0.3 is 0 Å². The highest BCUT2D eigenvalue weighted by Crippen LogP contribution is 2.31. The van der Waals surface area contributed by atoms with Crippen molar-refractivity contribution in [2.24, 2.45) is 0 Å². The highest BCUT2D eigenvalue weighted by Gasteiger charge is 2.47. The first-order chi connectivity index (χ1) is 15.3. The number of halogens is 2. The first-order valence-electron chi connectivity index (χ1n) is 9.59. The van der Waals surface area contributed by atoms with E-state index in [0.29, 0.717) is 11.4 Å². The van der Waals surface area contributed by atoms with Crippen LogP contribution in [0.25, 0.3) is 11.3 Å². The van der Waals surface area contributed by atoms with Crippen LogP contribution in [0.15, 0.2) is 35.8 Å². The second kappa shape index (κ2) is 8.80. The number of hydrogen-bond donors (Lipinski definition) is 2. The van der Waals surface area contributed by atoms with Crippen molar-refractivity contribution in [3.63, 3.8) is 0 Å². The third-order valence-corrected chi connectivity index (χ3v) is 5.79. The van der Waals surface area contributed by atoms with E-state index in [-0.39, 0.29) is 5.69 Å². The Kier molecular flexibility index (Phi) is 5.91. The highest BCUT2D eigenvalue weighted by molar-refractivity contribution is 7.09. The quantitative estimate of drug-likeness (QED) is 0.583. The van der Waals surface area contributed by atoms with Crippen LogP contribution in [0.1, 0.15) is 27.5 Å². The average Bonchev–Trinajstić information content (AvgIpc) is 3.52. The molecule has 0 radical (unpaired) electrons. The highest BCUT2D eigenvalue weighted by atomic mass is 32.1. The number of nitriles is 1. The van der Waals surface area contributed by atoms with Crippen LogP contribution in [0.5, 0.6) is 0 Å². The Hall–Kier alpha value is -3.72. The number of nitrogens with zero attached hydrogens (tertiary/aromatic N) is 5. The number of carbonyl (C=O) groups is 2. The fourth-order valence-electron chi connectivity index (χ4n) is 3.35. The molecule has 12 heteroatoms. The summed E-state index contributed by atoms with van der Waals surface area (Å²) in [7, 11) is 0. The zero-order valence-corrected chi connectivity index (χ0v) is 17.4.